The molecule has 2 aromatic carbocycles. The Hall–Kier alpha value is -2.02. The third kappa shape index (κ3) is 3.20. The summed E-state index contributed by atoms with van der Waals surface area (Å²) in [6.07, 6.45) is 1.15. The van der Waals surface area contributed by atoms with Crippen molar-refractivity contribution < 1.29 is 8.42 Å². The molecule has 26 heavy (non-hydrogen) atoms. The third-order valence-corrected chi connectivity index (χ3v) is 6.15. The molecular formula is C18H16Cl2N2O3S. The molecule has 0 radical (unpaired) electrons. The average Bonchev–Trinajstić information content (AvgIpc) is 2.81. The summed E-state index contributed by atoms with van der Waals surface area (Å²) in [5.74, 6) is 0. The van der Waals surface area contributed by atoms with Crippen LogP contribution in [0.4, 0.5) is 0 Å². The highest BCUT2D eigenvalue weighted by molar-refractivity contribution is 7.90. The Morgan fingerprint density at radius 3 is 1.96 bits per heavy atom. The van der Waals surface area contributed by atoms with E-state index in [2.05, 4.69) is 0 Å². The summed E-state index contributed by atoms with van der Waals surface area (Å²) >= 11 is 12.1. The predicted octanol–water partition coefficient (Wildman–Crippen LogP) is 3.77. The Balaban J connectivity index is 2.27. The van der Waals surface area contributed by atoms with E-state index in [1.54, 1.807) is 49.1 Å². The molecule has 0 aliphatic heterocycles. The van der Waals surface area contributed by atoms with Gasteiger partial charge in [-0.15, -0.1) is 0 Å². The minimum Gasteiger partial charge on any atom is -0.285 e. The van der Waals surface area contributed by atoms with Gasteiger partial charge in [0.15, 0.2) is 9.84 Å². The van der Waals surface area contributed by atoms with Crippen LogP contribution in [-0.2, 0) is 23.9 Å². The maximum Gasteiger partial charge on any atom is 0.274 e. The summed E-state index contributed by atoms with van der Waals surface area (Å²) in [4.78, 5) is 13.0. The normalized spacial score (nSPS) is 11.7. The molecule has 8 heteroatoms. The Bertz CT molecular complexity index is 1160. The smallest absolute Gasteiger partial charge is 0.274 e. The Labute approximate surface area is 161 Å². The highest BCUT2D eigenvalue weighted by Crippen LogP contribution is 2.33. The van der Waals surface area contributed by atoms with Gasteiger partial charge in [-0.05, 0) is 29.8 Å². The average molecular weight is 411 g/mol. The maximum atomic E-state index is 12.8. The topological polar surface area (TPSA) is 61.1 Å². The molecule has 0 unspecified atom stereocenters. The zero-order valence-corrected chi connectivity index (χ0v) is 16.7. The summed E-state index contributed by atoms with van der Waals surface area (Å²) < 4.78 is 26.6. The van der Waals surface area contributed by atoms with Crippen molar-refractivity contribution in [1.29, 1.82) is 0 Å². The monoisotopic (exact) mass is 410 g/mol. The van der Waals surface area contributed by atoms with Crippen molar-refractivity contribution in [2.75, 3.05) is 6.26 Å². The van der Waals surface area contributed by atoms with Gasteiger partial charge < -0.3 is 0 Å². The first-order valence-electron chi connectivity index (χ1n) is 7.63. The standard InChI is InChI=1S/C18H16Cl2N2O3S/c1-21-17(11-4-7-13(8-5-11)26(3,24)25)16(18(23)22(21)2)12-6-9-14(19)15(20)10-12/h4-10H,1-3H3. The first-order valence-corrected chi connectivity index (χ1v) is 10.3. The molecule has 1 heterocycles. The predicted molar refractivity (Wildman–Crippen MR) is 105 cm³/mol. The van der Waals surface area contributed by atoms with Crippen LogP contribution in [0.15, 0.2) is 52.2 Å². The third-order valence-electron chi connectivity index (χ3n) is 4.28. The lowest BCUT2D eigenvalue weighted by molar-refractivity contribution is 0.584. The van der Waals surface area contributed by atoms with Crippen LogP contribution in [0.5, 0.6) is 0 Å². The van der Waals surface area contributed by atoms with Crippen LogP contribution < -0.4 is 5.56 Å². The van der Waals surface area contributed by atoms with Crippen molar-refractivity contribution in [2.45, 2.75) is 4.90 Å². The molecule has 3 rings (SSSR count). The molecule has 3 aromatic rings. The van der Waals surface area contributed by atoms with E-state index < -0.39 is 9.84 Å². The second-order valence-electron chi connectivity index (χ2n) is 6.00. The Morgan fingerprint density at radius 2 is 1.42 bits per heavy atom. The molecule has 0 N–H and O–H groups in total. The summed E-state index contributed by atoms with van der Waals surface area (Å²) in [5.41, 5.74) is 2.31. The molecular weight excluding hydrogens is 395 g/mol. The van der Waals surface area contributed by atoms with E-state index in [4.69, 9.17) is 23.2 Å². The van der Waals surface area contributed by atoms with Gasteiger partial charge in [-0.25, -0.2) is 8.42 Å². The van der Waals surface area contributed by atoms with Gasteiger partial charge in [0.05, 0.1) is 26.2 Å². The highest BCUT2D eigenvalue weighted by Gasteiger charge is 2.20. The number of hydrogen-bond acceptors (Lipinski definition) is 3. The second kappa shape index (κ2) is 6.61. The molecule has 0 saturated carbocycles. The van der Waals surface area contributed by atoms with E-state index in [-0.39, 0.29) is 10.5 Å². The minimum absolute atomic E-state index is 0.187. The van der Waals surface area contributed by atoms with Crippen molar-refractivity contribution in [2.24, 2.45) is 14.1 Å². The fourth-order valence-corrected chi connectivity index (χ4v) is 3.74. The SMILES string of the molecule is Cn1c(-c2ccc(S(C)(=O)=O)cc2)c(-c2ccc(Cl)c(Cl)c2)c(=O)n1C. The van der Waals surface area contributed by atoms with E-state index >= 15 is 0 Å². The lowest BCUT2D eigenvalue weighted by Gasteiger charge is -2.09. The van der Waals surface area contributed by atoms with Crippen molar-refractivity contribution >= 4 is 33.0 Å². The number of rotatable bonds is 3. The summed E-state index contributed by atoms with van der Waals surface area (Å²) in [6.45, 7) is 0. The van der Waals surface area contributed by atoms with Crippen LogP contribution in [0.3, 0.4) is 0 Å². The van der Waals surface area contributed by atoms with Crippen molar-refractivity contribution in [3.05, 3.63) is 62.9 Å². The summed E-state index contributed by atoms with van der Waals surface area (Å²) in [6, 6.07) is 11.5. The molecule has 0 aliphatic rings. The number of hydrogen-bond donors (Lipinski definition) is 0. The number of sulfone groups is 1. The summed E-state index contributed by atoms with van der Waals surface area (Å²) in [5, 5.41) is 0.760. The van der Waals surface area contributed by atoms with Crippen LogP contribution >= 0.6 is 23.2 Å². The van der Waals surface area contributed by atoms with Crippen molar-refractivity contribution in [3.63, 3.8) is 0 Å². The number of benzene rings is 2. The van der Waals surface area contributed by atoms with E-state index in [1.807, 2.05) is 0 Å². The Kier molecular flexibility index (Phi) is 4.77. The van der Waals surface area contributed by atoms with Crippen LogP contribution in [0.2, 0.25) is 10.0 Å². The Morgan fingerprint density at radius 1 is 0.846 bits per heavy atom. The molecule has 0 spiro atoms. The molecule has 5 nitrogen and oxygen atoms in total. The zero-order valence-electron chi connectivity index (χ0n) is 14.3. The first-order chi connectivity index (χ1) is 12.1. The van der Waals surface area contributed by atoms with Gasteiger partial charge >= 0.3 is 0 Å². The number of nitrogens with zero attached hydrogens (tertiary/aromatic N) is 2. The van der Waals surface area contributed by atoms with E-state index in [9.17, 15) is 13.2 Å². The zero-order chi connectivity index (χ0) is 19.2. The molecule has 0 bridgehead atoms. The molecule has 0 atom stereocenters. The number of halogens is 2. The summed E-state index contributed by atoms with van der Waals surface area (Å²) in [7, 11) is 0.137. The van der Waals surface area contributed by atoms with Crippen LogP contribution in [0.25, 0.3) is 22.4 Å². The molecule has 0 aliphatic carbocycles. The van der Waals surface area contributed by atoms with Gasteiger partial charge in [-0.1, -0.05) is 41.4 Å². The minimum atomic E-state index is -3.29. The van der Waals surface area contributed by atoms with Crippen LogP contribution in [0.1, 0.15) is 0 Å². The molecule has 0 amide bonds. The fraction of sp³-hybridized carbons (Fsp3) is 0.167. The lowest BCUT2D eigenvalue weighted by atomic mass is 10.0. The largest absolute Gasteiger partial charge is 0.285 e. The lowest BCUT2D eigenvalue weighted by Crippen LogP contribution is -2.17. The quantitative estimate of drug-likeness (QED) is 0.659. The van der Waals surface area contributed by atoms with Gasteiger partial charge in [0.2, 0.25) is 0 Å². The van der Waals surface area contributed by atoms with E-state index in [1.165, 1.54) is 16.8 Å². The first kappa shape index (κ1) is 18.8. The van der Waals surface area contributed by atoms with E-state index in [0.29, 0.717) is 26.9 Å². The fourth-order valence-electron chi connectivity index (χ4n) is 2.81. The second-order valence-corrected chi connectivity index (χ2v) is 8.83. The van der Waals surface area contributed by atoms with Gasteiger partial charge in [-0.3, -0.25) is 14.2 Å². The van der Waals surface area contributed by atoms with E-state index in [0.717, 1.165) is 11.8 Å². The maximum absolute atomic E-state index is 12.8. The van der Waals surface area contributed by atoms with Crippen LogP contribution in [0, 0.1) is 0 Å². The van der Waals surface area contributed by atoms with Gasteiger partial charge in [0, 0.05) is 25.9 Å². The van der Waals surface area contributed by atoms with Gasteiger partial charge in [0.1, 0.15) is 0 Å². The number of aromatic nitrogens is 2. The van der Waals surface area contributed by atoms with Crippen molar-refractivity contribution in [1.82, 2.24) is 9.36 Å². The molecule has 1 aromatic heterocycles. The molecule has 136 valence electrons. The highest BCUT2D eigenvalue weighted by atomic mass is 35.5. The van der Waals surface area contributed by atoms with Gasteiger partial charge in [-0.2, -0.15) is 0 Å². The van der Waals surface area contributed by atoms with Crippen LogP contribution in [-0.4, -0.2) is 24.0 Å². The van der Waals surface area contributed by atoms with Crippen molar-refractivity contribution in [3.8, 4) is 22.4 Å². The molecule has 0 saturated heterocycles. The molecule has 0 fully saturated rings. The van der Waals surface area contributed by atoms with Gasteiger partial charge in [0.25, 0.3) is 5.56 Å².